The molecule has 0 heterocycles. The first-order valence-electron chi connectivity index (χ1n) is 5.75. The van der Waals surface area contributed by atoms with Crippen LogP contribution in [0, 0.1) is 25.2 Å². The van der Waals surface area contributed by atoms with Gasteiger partial charge in [-0.15, -0.1) is 0 Å². The fourth-order valence-corrected chi connectivity index (χ4v) is 2.08. The van der Waals surface area contributed by atoms with Crippen molar-refractivity contribution < 1.29 is 4.74 Å². The van der Waals surface area contributed by atoms with Crippen molar-refractivity contribution in [2.45, 2.75) is 13.8 Å². The molecule has 2 aromatic carbocycles. The quantitative estimate of drug-likeness (QED) is 0.834. The van der Waals surface area contributed by atoms with E-state index in [2.05, 4.69) is 6.07 Å². The maximum Gasteiger partial charge on any atom is 0.150 e. The van der Waals surface area contributed by atoms with Gasteiger partial charge in [-0.3, -0.25) is 0 Å². The molecule has 0 saturated carbocycles. The van der Waals surface area contributed by atoms with Gasteiger partial charge in [0.1, 0.15) is 11.5 Å². The first-order chi connectivity index (χ1) is 9.01. The topological polar surface area (TPSA) is 59.0 Å². The number of ether oxygens (including phenoxy) is 1. The summed E-state index contributed by atoms with van der Waals surface area (Å²) in [5, 5.41) is 9.48. The second-order valence-electron chi connectivity index (χ2n) is 4.34. The van der Waals surface area contributed by atoms with Crippen molar-refractivity contribution in [1.82, 2.24) is 0 Å². The molecule has 0 bridgehead atoms. The molecular formula is C15H13ClN2O. The number of anilines is 1. The van der Waals surface area contributed by atoms with Crippen molar-refractivity contribution in [1.29, 1.82) is 5.26 Å². The van der Waals surface area contributed by atoms with Gasteiger partial charge in [0, 0.05) is 5.02 Å². The van der Waals surface area contributed by atoms with E-state index in [0.717, 1.165) is 11.1 Å². The summed E-state index contributed by atoms with van der Waals surface area (Å²) in [4.78, 5) is 0. The van der Waals surface area contributed by atoms with Crippen LogP contribution in [0.1, 0.15) is 16.7 Å². The molecule has 0 saturated heterocycles. The number of hydrogen-bond donors (Lipinski definition) is 1. The van der Waals surface area contributed by atoms with Crippen LogP contribution in [-0.4, -0.2) is 0 Å². The molecule has 2 N–H and O–H groups in total. The zero-order chi connectivity index (χ0) is 14.0. The van der Waals surface area contributed by atoms with Gasteiger partial charge in [-0.05, 0) is 55.3 Å². The molecule has 96 valence electrons. The van der Waals surface area contributed by atoms with Crippen molar-refractivity contribution in [3.63, 3.8) is 0 Å². The van der Waals surface area contributed by atoms with Crippen LogP contribution in [0.5, 0.6) is 11.5 Å². The molecule has 0 amide bonds. The Balaban J connectivity index is 2.41. The number of hydrogen-bond acceptors (Lipinski definition) is 3. The maximum absolute atomic E-state index is 8.92. The predicted octanol–water partition coefficient (Wildman–Crippen LogP) is 4.20. The molecular weight excluding hydrogens is 260 g/mol. The van der Waals surface area contributed by atoms with Crippen molar-refractivity contribution in [3.8, 4) is 17.6 Å². The minimum atomic E-state index is 0.482. The van der Waals surface area contributed by atoms with Crippen LogP contribution in [0.2, 0.25) is 5.02 Å². The lowest BCUT2D eigenvalue weighted by Crippen LogP contribution is -1.96. The number of nitrogen functional groups attached to an aromatic ring is 1. The van der Waals surface area contributed by atoms with Crippen molar-refractivity contribution in [2.24, 2.45) is 0 Å². The van der Waals surface area contributed by atoms with E-state index in [-0.39, 0.29) is 0 Å². The molecule has 0 fully saturated rings. The highest BCUT2D eigenvalue weighted by Gasteiger charge is 2.09. The zero-order valence-corrected chi connectivity index (χ0v) is 11.5. The second-order valence-corrected chi connectivity index (χ2v) is 4.77. The van der Waals surface area contributed by atoms with E-state index in [1.54, 1.807) is 30.3 Å². The van der Waals surface area contributed by atoms with Crippen molar-refractivity contribution >= 4 is 17.3 Å². The van der Waals surface area contributed by atoms with E-state index in [0.29, 0.717) is 27.8 Å². The Morgan fingerprint density at radius 3 is 2.32 bits per heavy atom. The van der Waals surface area contributed by atoms with Crippen molar-refractivity contribution in [3.05, 3.63) is 52.0 Å². The van der Waals surface area contributed by atoms with Crippen LogP contribution >= 0.6 is 11.6 Å². The predicted molar refractivity (Wildman–Crippen MR) is 76.6 cm³/mol. The van der Waals surface area contributed by atoms with Gasteiger partial charge in [-0.25, -0.2) is 0 Å². The van der Waals surface area contributed by atoms with Gasteiger partial charge in [-0.2, -0.15) is 5.26 Å². The first-order valence-corrected chi connectivity index (χ1v) is 6.13. The summed E-state index contributed by atoms with van der Waals surface area (Å²) in [5.74, 6) is 1.27. The van der Waals surface area contributed by atoms with Crippen LogP contribution in [0.25, 0.3) is 0 Å². The highest BCUT2D eigenvalue weighted by atomic mass is 35.5. The first kappa shape index (κ1) is 13.3. The third-order valence-electron chi connectivity index (χ3n) is 2.77. The molecule has 0 unspecified atom stereocenters. The Hall–Kier alpha value is -2.18. The second kappa shape index (κ2) is 5.21. The van der Waals surface area contributed by atoms with E-state index in [4.69, 9.17) is 27.3 Å². The SMILES string of the molecule is Cc1cc(C#N)cc(C)c1Oc1ccc(Cl)cc1N. The lowest BCUT2D eigenvalue weighted by molar-refractivity contribution is 0.477. The normalized spacial score (nSPS) is 10.0. The Labute approximate surface area is 117 Å². The lowest BCUT2D eigenvalue weighted by atomic mass is 10.1. The van der Waals surface area contributed by atoms with Crippen molar-refractivity contribution in [2.75, 3.05) is 5.73 Å². The molecule has 0 spiro atoms. The minimum Gasteiger partial charge on any atom is -0.455 e. The van der Waals surface area contributed by atoms with E-state index < -0.39 is 0 Å². The molecule has 4 heteroatoms. The molecule has 0 aromatic heterocycles. The van der Waals surface area contributed by atoms with Gasteiger partial charge in [-0.1, -0.05) is 11.6 Å². The molecule has 0 atom stereocenters. The summed E-state index contributed by atoms with van der Waals surface area (Å²) in [6.07, 6.45) is 0. The Morgan fingerprint density at radius 2 is 1.79 bits per heavy atom. The molecule has 0 aliphatic heterocycles. The average molecular weight is 273 g/mol. The third kappa shape index (κ3) is 2.81. The van der Waals surface area contributed by atoms with E-state index in [1.165, 1.54) is 0 Å². The average Bonchev–Trinajstić information content (AvgIpc) is 2.35. The van der Waals surface area contributed by atoms with E-state index >= 15 is 0 Å². The van der Waals surface area contributed by atoms with Gasteiger partial charge in [0.15, 0.2) is 0 Å². The molecule has 0 aliphatic carbocycles. The van der Waals surface area contributed by atoms with Gasteiger partial charge in [0.05, 0.1) is 17.3 Å². The van der Waals surface area contributed by atoms with E-state index in [9.17, 15) is 0 Å². The number of rotatable bonds is 2. The Kier molecular flexibility index (Phi) is 3.64. The monoisotopic (exact) mass is 272 g/mol. The summed E-state index contributed by atoms with van der Waals surface area (Å²) in [6, 6.07) is 10.8. The Morgan fingerprint density at radius 1 is 1.16 bits per heavy atom. The zero-order valence-electron chi connectivity index (χ0n) is 10.7. The van der Waals surface area contributed by atoms with Gasteiger partial charge in [0.2, 0.25) is 0 Å². The number of nitrogens with two attached hydrogens (primary N) is 1. The standard InChI is InChI=1S/C15H13ClN2O/c1-9-5-11(8-17)6-10(2)15(9)19-14-4-3-12(16)7-13(14)18/h3-7H,18H2,1-2H3. The van der Waals surface area contributed by atoms with Crippen LogP contribution < -0.4 is 10.5 Å². The minimum absolute atomic E-state index is 0.482. The van der Waals surface area contributed by atoms with Gasteiger partial charge >= 0.3 is 0 Å². The largest absolute Gasteiger partial charge is 0.455 e. The molecule has 19 heavy (non-hydrogen) atoms. The molecule has 2 aromatic rings. The summed E-state index contributed by atoms with van der Waals surface area (Å²) < 4.78 is 5.83. The molecule has 0 radical (unpaired) electrons. The van der Waals surface area contributed by atoms with Crippen LogP contribution in [0.4, 0.5) is 5.69 Å². The van der Waals surface area contributed by atoms with E-state index in [1.807, 2.05) is 13.8 Å². The van der Waals surface area contributed by atoms with Crippen LogP contribution in [0.3, 0.4) is 0 Å². The number of nitrogens with zero attached hydrogens (tertiary/aromatic N) is 1. The molecule has 0 aliphatic rings. The smallest absolute Gasteiger partial charge is 0.150 e. The number of aryl methyl sites for hydroxylation is 2. The number of benzene rings is 2. The third-order valence-corrected chi connectivity index (χ3v) is 3.01. The fourth-order valence-electron chi connectivity index (χ4n) is 1.90. The summed E-state index contributed by atoms with van der Waals surface area (Å²) in [7, 11) is 0. The fraction of sp³-hybridized carbons (Fsp3) is 0.133. The molecule has 3 nitrogen and oxygen atoms in total. The van der Waals surface area contributed by atoms with Crippen LogP contribution in [0.15, 0.2) is 30.3 Å². The summed E-state index contributed by atoms with van der Waals surface area (Å²) in [5.41, 5.74) is 8.75. The number of nitriles is 1. The highest BCUT2D eigenvalue weighted by molar-refractivity contribution is 6.30. The Bertz CT molecular complexity index is 651. The summed E-state index contributed by atoms with van der Waals surface area (Å²) in [6.45, 7) is 3.80. The highest BCUT2D eigenvalue weighted by Crippen LogP contribution is 2.33. The molecule has 2 rings (SSSR count). The van der Waals surface area contributed by atoms with Gasteiger partial charge < -0.3 is 10.5 Å². The maximum atomic E-state index is 8.92. The summed E-state index contributed by atoms with van der Waals surface area (Å²) >= 11 is 5.85. The lowest BCUT2D eigenvalue weighted by Gasteiger charge is -2.13. The number of halogens is 1. The van der Waals surface area contributed by atoms with Gasteiger partial charge in [0.25, 0.3) is 0 Å². The van der Waals surface area contributed by atoms with Crippen LogP contribution in [-0.2, 0) is 0 Å².